The molecule has 0 saturated heterocycles. The van der Waals surface area contributed by atoms with Gasteiger partial charge in [0, 0.05) is 17.0 Å². The topological polar surface area (TPSA) is 42.7 Å². The molecule has 0 radical (unpaired) electrons. The molecular formula is C19H18FNO3S. The van der Waals surface area contributed by atoms with E-state index in [1.807, 2.05) is 23.6 Å². The van der Waals surface area contributed by atoms with E-state index in [9.17, 15) is 9.18 Å². The highest BCUT2D eigenvalue weighted by atomic mass is 32.1. The first-order valence-electron chi connectivity index (χ1n) is 7.85. The minimum absolute atomic E-state index is 0.118. The Hall–Kier alpha value is -2.60. The summed E-state index contributed by atoms with van der Waals surface area (Å²) in [4.78, 5) is 15.7. The molecule has 0 atom stereocenters. The fraction of sp³-hybridized carbons (Fsp3) is 0.211. The largest absolute Gasteiger partial charge is 0.494 e. The molecule has 0 aliphatic heterocycles. The number of thiophene rings is 1. The molecule has 2 heterocycles. The third kappa shape index (κ3) is 4.28. The number of carbonyl (C=O) groups is 1. The smallest absolute Gasteiger partial charge is 0.254 e. The average molecular weight is 359 g/mol. The van der Waals surface area contributed by atoms with Crippen molar-refractivity contribution in [1.82, 2.24) is 4.90 Å². The summed E-state index contributed by atoms with van der Waals surface area (Å²) in [5, 5.41) is 2.01. The van der Waals surface area contributed by atoms with Gasteiger partial charge in [-0.3, -0.25) is 4.79 Å². The fourth-order valence-corrected chi connectivity index (χ4v) is 3.22. The van der Waals surface area contributed by atoms with Crippen LogP contribution in [0.1, 0.15) is 21.0 Å². The van der Waals surface area contributed by atoms with Crippen molar-refractivity contribution in [2.75, 3.05) is 13.7 Å². The van der Waals surface area contributed by atoms with E-state index >= 15 is 0 Å². The predicted octanol–water partition coefficient (Wildman–Crippen LogP) is 4.37. The number of halogens is 1. The van der Waals surface area contributed by atoms with Gasteiger partial charge < -0.3 is 14.1 Å². The molecule has 1 amide bonds. The van der Waals surface area contributed by atoms with Crippen LogP contribution in [0.2, 0.25) is 0 Å². The maximum atomic E-state index is 13.9. The van der Waals surface area contributed by atoms with Crippen LogP contribution >= 0.6 is 11.3 Å². The highest BCUT2D eigenvalue weighted by Crippen LogP contribution is 2.20. The summed E-state index contributed by atoms with van der Waals surface area (Å²) >= 11 is 1.65. The summed E-state index contributed by atoms with van der Waals surface area (Å²) in [5.41, 5.74) is 0.288. The zero-order chi connectivity index (χ0) is 17.6. The van der Waals surface area contributed by atoms with Crippen LogP contribution in [0.3, 0.4) is 0 Å². The van der Waals surface area contributed by atoms with Crippen LogP contribution in [0, 0.1) is 5.82 Å². The van der Waals surface area contributed by atoms with Gasteiger partial charge in [0.15, 0.2) is 11.6 Å². The second-order valence-electron chi connectivity index (χ2n) is 5.48. The molecule has 0 aliphatic rings. The first-order chi connectivity index (χ1) is 12.2. The Bertz CT molecular complexity index is 815. The van der Waals surface area contributed by atoms with Gasteiger partial charge in [0.2, 0.25) is 0 Å². The van der Waals surface area contributed by atoms with E-state index in [4.69, 9.17) is 9.15 Å². The summed E-state index contributed by atoms with van der Waals surface area (Å²) < 4.78 is 24.2. The number of methoxy groups -OCH3 is 1. The summed E-state index contributed by atoms with van der Waals surface area (Å²) in [6.07, 6.45) is 2.31. The van der Waals surface area contributed by atoms with Gasteiger partial charge in [-0.05, 0) is 48.2 Å². The van der Waals surface area contributed by atoms with Gasteiger partial charge in [0.05, 0.1) is 19.9 Å². The summed E-state index contributed by atoms with van der Waals surface area (Å²) in [5.74, 6) is 0.0142. The number of rotatable bonds is 7. The molecule has 130 valence electrons. The van der Waals surface area contributed by atoms with Crippen molar-refractivity contribution in [2.24, 2.45) is 0 Å². The number of carbonyl (C=O) groups excluding carboxylic acids is 1. The van der Waals surface area contributed by atoms with E-state index < -0.39 is 5.82 Å². The van der Waals surface area contributed by atoms with Gasteiger partial charge in [0.1, 0.15) is 5.76 Å². The first kappa shape index (κ1) is 17.2. The van der Waals surface area contributed by atoms with Crippen LogP contribution in [0.4, 0.5) is 4.39 Å². The normalized spacial score (nSPS) is 10.6. The Morgan fingerprint density at radius 2 is 2.16 bits per heavy atom. The van der Waals surface area contributed by atoms with Crippen molar-refractivity contribution in [3.8, 4) is 5.75 Å². The van der Waals surface area contributed by atoms with E-state index in [1.54, 1.807) is 34.6 Å². The fourth-order valence-electron chi connectivity index (χ4n) is 2.53. The van der Waals surface area contributed by atoms with Crippen LogP contribution in [0.25, 0.3) is 0 Å². The molecule has 0 saturated carbocycles. The van der Waals surface area contributed by atoms with Crippen molar-refractivity contribution in [1.29, 1.82) is 0 Å². The molecule has 0 unspecified atom stereocenters. The van der Waals surface area contributed by atoms with E-state index in [-0.39, 0.29) is 17.2 Å². The lowest BCUT2D eigenvalue weighted by molar-refractivity contribution is 0.0733. The lowest BCUT2D eigenvalue weighted by atomic mass is 10.1. The maximum absolute atomic E-state index is 13.9. The average Bonchev–Trinajstić information content (AvgIpc) is 3.31. The van der Waals surface area contributed by atoms with E-state index in [1.165, 1.54) is 24.1 Å². The molecular weight excluding hydrogens is 341 g/mol. The predicted molar refractivity (Wildman–Crippen MR) is 94.4 cm³/mol. The van der Waals surface area contributed by atoms with Gasteiger partial charge >= 0.3 is 0 Å². The monoisotopic (exact) mass is 359 g/mol. The highest BCUT2D eigenvalue weighted by Gasteiger charge is 2.19. The van der Waals surface area contributed by atoms with Crippen molar-refractivity contribution >= 4 is 17.2 Å². The SMILES string of the molecule is COc1ccc(C(=O)N(CCc2cccs2)Cc2ccco2)cc1F. The minimum Gasteiger partial charge on any atom is -0.494 e. The van der Waals surface area contributed by atoms with Gasteiger partial charge in [-0.15, -0.1) is 11.3 Å². The highest BCUT2D eigenvalue weighted by molar-refractivity contribution is 7.09. The van der Waals surface area contributed by atoms with Crippen LogP contribution in [0.15, 0.2) is 58.5 Å². The molecule has 3 rings (SSSR count). The molecule has 4 nitrogen and oxygen atoms in total. The number of amides is 1. The molecule has 0 spiro atoms. The molecule has 0 bridgehead atoms. The molecule has 2 aromatic heterocycles. The number of nitrogens with zero attached hydrogens (tertiary/aromatic N) is 1. The molecule has 0 aliphatic carbocycles. The van der Waals surface area contributed by atoms with Crippen LogP contribution in [-0.2, 0) is 13.0 Å². The van der Waals surface area contributed by atoms with Crippen molar-refractivity contribution in [3.05, 3.63) is 76.1 Å². The van der Waals surface area contributed by atoms with Crippen molar-refractivity contribution < 1.29 is 18.3 Å². The number of benzene rings is 1. The molecule has 1 aromatic carbocycles. The van der Waals surface area contributed by atoms with Crippen molar-refractivity contribution in [3.63, 3.8) is 0 Å². The zero-order valence-corrected chi connectivity index (χ0v) is 14.6. The lowest BCUT2D eigenvalue weighted by Crippen LogP contribution is -2.32. The molecule has 3 aromatic rings. The quantitative estimate of drug-likeness (QED) is 0.629. The van der Waals surface area contributed by atoms with E-state index in [0.717, 1.165) is 6.42 Å². The first-order valence-corrected chi connectivity index (χ1v) is 8.73. The van der Waals surface area contributed by atoms with Gasteiger partial charge in [-0.2, -0.15) is 0 Å². The molecule has 25 heavy (non-hydrogen) atoms. The number of furan rings is 1. The summed E-state index contributed by atoms with van der Waals surface area (Å²) in [7, 11) is 1.39. The van der Waals surface area contributed by atoms with E-state index in [0.29, 0.717) is 18.8 Å². The Morgan fingerprint density at radius 1 is 1.28 bits per heavy atom. The van der Waals surface area contributed by atoms with Gasteiger partial charge in [0.25, 0.3) is 5.91 Å². The molecule has 6 heteroatoms. The van der Waals surface area contributed by atoms with Gasteiger partial charge in [-0.25, -0.2) is 4.39 Å². The number of hydrogen-bond acceptors (Lipinski definition) is 4. The number of ether oxygens (including phenoxy) is 1. The third-order valence-electron chi connectivity index (χ3n) is 3.82. The van der Waals surface area contributed by atoms with E-state index in [2.05, 4.69) is 0 Å². The van der Waals surface area contributed by atoms with Gasteiger partial charge in [-0.1, -0.05) is 6.07 Å². The second kappa shape index (κ2) is 7.98. The Kier molecular flexibility index (Phi) is 5.50. The molecule has 0 N–H and O–H groups in total. The standard InChI is InChI=1S/C19H18FNO3S/c1-23-18-7-6-14(12-17(18)20)19(22)21(13-15-4-2-10-24-15)9-8-16-5-3-11-25-16/h2-7,10-12H,8-9,13H2,1H3. The zero-order valence-electron chi connectivity index (χ0n) is 13.8. The van der Waals surface area contributed by atoms with Crippen molar-refractivity contribution in [2.45, 2.75) is 13.0 Å². The lowest BCUT2D eigenvalue weighted by Gasteiger charge is -2.22. The number of hydrogen-bond donors (Lipinski definition) is 0. The Morgan fingerprint density at radius 3 is 2.80 bits per heavy atom. The Balaban J connectivity index is 1.79. The van der Waals surface area contributed by atoms with Crippen LogP contribution in [-0.4, -0.2) is 24.5 Å². The summed E-state index contributed by atoms with van der Waals surface area (Å²) in [6.45, 7) is 0.860. The van der Waals surface area contributed by atoms with Crippen LogP contribution < -0.4 is 4.74 Å². The Labute approximate surface area is 149 Å². The van der Waals surface area contributed by atoms with Crippen LogP contribution in [0.5, 0.6) is 5.75 Å². The summed E-state index contributed by atoms with van der Waals surface area (Å²) in [6, 6.07) is 11.9. The second-order valence-corrected chi connectivity index (χ2v) is 6.52. The third-order valence-corrected chi connectivity index (χ3v) is 4.76. The molecule has 0 fully saturated rings. The minimum atomic E-state index is -0.551. The maximum Gasteiger partial charge on any atom is 0.254 e.